The van der Waals surface area contributed by atoms with Gasteiger partial charge in [0.2, 0.25) is 0 Å². The summed E-state index contributed by atoms with van der Waals surface area (Å²) in [5.41, 5.74) is -4.09. The summed E-state index contributed by atoms with van der Waals surface area (Å²) in [6, 6.07) is 8.76. The maximum Gasteiger partial charge on any atom is 0.417 e. The lowest BCUT2D eigenvalue weighted by Crippen LogP contribution is -2.45. The molecule has 2 aromatic rings. The molecular weight excluding hydrogens is 417 g/mol. The summed E-state index contributed by atoms with van der Waals surface area (Å²) in [6.07, 6.45) is -8.07. The second-order valence-electron chi connectivity index (χ2n) is 6.90. The summed E-state index contributed by atoms with van der Waals surface area (Å²) < 4.78 is 66.6. The first kappa shape index (κ1) is 21.5. The second kappa shape index (κ2) is 7.91. The molecule has 3 rings (SSSR count). The van der Waals surface area contributed by atoms with Crippen molar-refractivity contribution < 1.29 is 31.9 Å². The van der Waals surface area contributed by atoms with Gasteiger partial charge in [-0.2, -0.15) is 13.2 Å². The SMILES string of the molecule is O=C(c1c(C(F)F)cccc1C(F)(F)F)N1CCC(O)(c2ccc(Cl)cc2)CC1. The molecule has 1 aliphatic heterocycles. The van der Waals surface area contributed by atoms with E-state index in [9.17, 15) is 31.9 Å². The van der Waals surface area contributed by atoms with Crippen molar-refractivity contribution in [1.82, 2.24) is 4.90 Å². The van der Waals surface area contributed by atoms with E-state index in [-0.39, 0.29) is 25.9 Å². The quantitative estimate of drug-likeness (QED) is 0.657. The molecule has 0 aromatic heterocycles. The number of hydrogen-bond acceptors (Lipinski definition) is 2. The van der Waals surface area contributed by atoms with Gasteiger partial charge in [0.05, 0.1) is 16.7 Å². The molecule has 1 fully saturated rings. The van der Waals surface area contributed by atoms with Crippen molar-refractivity contribution in [3.63, 3.8) is 0 Å². The highest BCUT2D eigenvalue weighted by Gasteiger charge is 2.41. The molecule has 0 bridgehead atoms. The van der Waals surface area contributed by atoms with Gasteiger partial charge in [-0.1, -0.05) is 35.9 Å². The third-order valence-corrected chi connectivity index (χ3v) is 5.36. The van der Waals surface area contributed by atoms with Crippen LogP contribution >= 0.6 is 11.6 Å². The zero-order chi connectivity index (χ0) is 21.4. The van der Waals surface area contributed by atoms with E-state index in [4.69, 9.17) is 11.6 Å². The molecule has 1 aliphatic rings. The normalized spacial score (nSPS) is 16.9. The molecule has 0 unspecified atom stereocenters. The van der Waals surface area contributed by atoms with Crippen LogP contribution in [0.4, 0.5) is 22.0 Å². The van der Waals surface area contributed by atoms with E-state index < -0.39 is 40.8 Å². The number of likely N-dealkylation sites (tertiary alicyclic amines) is 1. The Labute approximate surface area is 168 Å². The maximum absolute atomic E-state index is 13.3. The molecule has 3 nitrogen and oxygen atoms in total. The van der Waals surface area contributed by atoms with Gasteiger partial charge in [0.15, 0.2) is 0 Å². The molecule has 1 heterocycles. The molecule has 0 saturated carbocycles. The minimum Gasteiger partial charge on any atom is -0.385 e. The summed E-state index contributed by atoms with van der Waals surface area (Å²) in [5.74, 6) is -1.12. The van der Waals surface area contributed by atoms with Crippen LogP contribution in [0.2, 0.25) is 5.02 Å². The summed E-state index contributed by atoms with van der Waals surface area (Å²) in [6.45, 7) is -0.153. The van der Waals surface area contributed by atoms with Crippen LogP contribution in [0, 0.1) is 0 Å². The van der Waals surface area contributed by atoms with Crippen LogP contribution in [-0.4, -0.2) is 29.0 Å². The maximum atomic E-state index is 13.3. The fourth-order valence-corrected chi connectivity index (χ4v) is 3.64. The van der Waals surface area contributed by atoms with Gasteiger partial charge < -0.3 is 10.0 Å². The molecule has 29 heavy (non-hydrogen) atoms. The fraction of sp³-hybridized carbons (Fsp3) is 0.350. The Morgan fingerprint density at radius 3 is 2.17 bits per heavy atom. The Hall–Kier alpha value is -2.19. The number of amides is 1. The molecule has 1 amide bonds. The third kappa shape index (κ3) is 4.38. The van der Waals surface area contributed by atoms with E-state index >= 15 is 0 Å². The number of alkyl halides is 5. The fourth-order valence-electron chi connectivity index (χ4n) is 3.51. The van der Waals surface area contributed by atoms with Crippen molar-refractivity contribution >= 4 is 17.5 Å². The largest absolute Gasteiger partial charge is 0.417 e. The van der Waals surface area contributed by atoms with Gasteiger partial charge in [0.1, 0.15) is 0 Å². The average molecular weight is 434 g/mol. The highest BCUT2D eigenvalue weighted by Crippen LogP contribution is 2.39. The average Bonchev–Trinajstić information content (AvgIpc) is 2.67. The van der Waals surface area contributed by atoms with Crippen molar-refractivity contribution in [1.29, 1.82) is 0 Å². The van der Waals surface area contributed by atoms with Crippen LogP contribution in [0.5, 0.6) is 0 Å². The van der Waals surface area contributed by atoms with Crippen molar-refractivity contribution in [2.45, 2.75) is 31.0 Å². The topological polar surface area (TPSA) is 40.5 Å². The van der Waals surface area contributed by atoms with Gasteiger partial charge in [-0.05, 0) is 36.6 Å². The number of benzene rings is 2. The van der Waals surface area contributed by atoms with Crippen LogP contribution in [0.3, 0.4) is 0 Å². The molecule has 0 radical (unpaired) electrons. The number of hydrogen-bond donors (Lipinski definition) is 1. The molecule has 156 valence electrons. The lowest BCUT2D eigenvalue weighted by Gasteiger charge is -2.39. The second-order valence-corrected chi connectivity index (χ2v) is 7.34. The standard InChI is InChI=1S/C20H17ClF5NO2/c21-13-6-4-12(5-7-13)19(29)8-10-27(11-9-19)18(28)16-14(17(22)23)2-1-3-15(16)20(24,25)26/h1-7,17,29H,8-11H2. The van der Waals surface area contributed by atoms with Gasteiger partial charge in [0.25, 0.3) is 12.3 Å². The number of nitrogens with zero attached hydrogens (tertiary/aromatic N) is 1. The third-order valence-electron chi connectivity index (χ3n) is 5.11. The zero-order valence-corrected chi connectivity index (χ0v) is 15.8. The summed E-state index contributed by atoms with van der Waals surface area (Å²) in [5, 5.41) is 11.3. The van der Waals surface area contributed by atoms with E-state index in [0.717, 1.165) is 17.0 Å². The molecular formula is C20H17ClF5NO2. The molecule has 0 atom stereocenters. The first-order valence-corrected chi connectivity index (χ1v) is 9.17. The monoisotopic (exact) mass is 433 g/mol. The lowest BCUT2D eigenvalue weighted by atomic mass is 9.84. The van der Waals surface area contributed by atoms with E-state index in [1.807, 2.05) is 0 Å². The lowest BCUT2D eigenvalue weighted by molar-refractivity contribution is -0.138. The van der Waals surface area contributed by atoms with Crippen LogP contribution in [0.25, 0.3) is 0 Å². The van der Waals surface area contributed by atoms with E-state index in [1.165, 1.54) is 0 Å². The minimum atomic E-state index is -4.95. The predicted molar refractivity (Wildman–Crippen MR) is 96.9 cm³/mol. The number of carbonyl (C=O) groups excluding carboxylic acids is 1. The highest BCUT2D eigenvalue weighted by molar-refractivity contribution is 6.30. The first-order valence-electron chi connectivity index (χ1n) is 8.79. The van der Waals surface area contributed by atoms with E-state index in [0.29, 0.717) is 16.7 Å². The Kier molecular flexibility index (Phi) is 5.87. The summed E-state index contributed by atoms with van der Waals surface area (Å²) in [4.78, 5) is 13.8. The van der Waals surface area contributed by atoms with Gasteiger partial charge >= 0.3 is 6.18 Å². The zero-order valence-electron chi connectivity index (χ0n) is 15.0. The van der Waals surface area contributed by atoms with Crippen LogP contribution in [-0.2, 0) is 11.8 Å². The van der Waals surface area contributed by atoms with E-state index in [1.54, 1.807) is 24.3 Å². The molecule has 0 spiro atoms. The first-order chi connectivity index (χ1) is 13.5. The van der Waals surface area contributed by atoms with Crippen molar-refractivity contribution in [2.75, 3.05) is 13.1 Å². The van der Waals surface area contributed by atoms with Crippen LogP contribution < -0.4 is 0 Å². The van der Waals surface area contributed by atoms with Gasteiger partial charge in [-0.25, -0.2) is 8.78 Å². The number of halogens is 6. The Balaban J connectivity index is 1.87. The molecule has 2 aromatic carbocycles. The number of piperidine rings is 1. The predicted octanol–water partition coefficient (Wildman–Crippen LogP) is 5.42. The van der Waals surface area contributed by atoms with Crippen molar-refractivity contribution in [2.24, 2.45) is 0 Å². The van der Waals surface area contributed by atoms with Gasteiger partial charge in [-0.3, -0.25) is 4.79 Å². The van der Waals surface area contributed by atoms with Gasteiger partial charge in [0, 0.05) is 23.7 Å². The Morgan fingerprint density at radius 2 is 1.66 bits per heavy atom. The van der Waals surface area contributed by atoms with Crippen LogP contribution in [0.15, 0.2) is 42.5 Å². The smallest absolute Gasteiger partial charge is 0.385 e. The molecule has 9 heteroatoms. The molecule has 1 saturated heterocycles. The minimum absolute atomic E-state index is 0.0541. The number of carbonyl (C=O) groups is 1. The molecule has 1 N–H and O–H groups in total. The van der Waals surface area contributed by atoms with Crippen molar-refractivity contribution in [3.05, 3.63) is 69.7 Å². The Bertz CT molecular complexity index is 891. The van der Waals surface area contributed by atoms with Gasteiger partial charge in [-0.15, -0.1) is 0 Å². The highest BCUT2D eigenvalue weighted by atomic mass is 35.5. The summed E-state index contributed by atoms with van der Waals surface area (Å²) in [7, 11) is 0. The van der Waals surface area contributed by atoms with Crippen LogP contribution in [0.1, 0.15) is 46.3 Å². The number of aliphatic hydroxyl groups is 1. The number of rotatable bonds is 3. The van der Waals surface area contributed by atoms with Crippen molar-refractivity contribution in [3.8, 4) is 0 Å². The van der Waals surface area contributed by atoms with E-state index in [2.05, 4.69) is 0 Å². The molecule has 0 aliphatic carbocycles. The summed E-state index contributed by atoms with van der Waals surface area (Å²) >= 11 is 5.83. The Morgan fingerprint density at radius 1 is 1.07 bits per heavy atom.